The molecule has 1 N–H and O–H groups in total. The first-order valence-electron chi connectivity index (χ1n) is 8.85. The van der Waals surface area contributed by atoms with Gasteiger partial charge in [0, 0.05) is 22.6 Å². The van der Waals surface area contributed by atoms with Crippen molar-refractivity contribution in [3.63, 3.8) is 0 Å². The molecule has 4 rings (SSSR count). The van der Waals surface area contributed by atoms with E-state index in [-0.39, 0.29) is 12.8 Å². The molecule has 2 aromatic heterocycles. The van der Waals surface area contributed by atoms with Crippen molar-refractivity contribution in [3.8, 4) is 21.8 Å². The highest BCUT2D eigenvalue weighted by molar-refractivity contribution is 7.13. The summed E-state index contributed by atoms with van der Waals surface area (Å²) in [7, 11) is 0. The van der Waals surface area contributed by atoms with Gasteiger partial charge in [0.15, 0.2) is 0 Å². The minimum atomic E-state index is -4.08. The Labute approximate surface area is 159 Å². The van der Waals surface area contributed by atoms with E-state index >= 15 is 0 Å². The van der Waals surface area contributed by atoms with Crippen LogP contribution in [-0.4, -0.2) is 24.2 Å². The Balaban J connectivity index is 1.45. The normalized spacial score (nSPS) is 15.9. The van der Waals surface area contributed by atoms with Gasteiger partial charge in [-0.15, -0.1) is 11.3 Å². The summed E-state index contributed by atoms with van der Waals surface area (Å²) >= 11 is 1.57. The van der Waals surface area contributed by atoms with E-state index in [0.717, 1.165) is 27.6 Å². The number of halogens is 3. The fourth-order valence-electron chi connectivity index (χ4n) is 3.34. The Morgan fingerprint density at radius 1 is 1.00 bits per heavy atom. The molecule has 1 fully saturated rings. The fraction of sp³-hybridized carbons (Fsp3) is 0.300. The summed E-state index contributed by atoms with van der Waals surface area (Å²) in [6.45, 7) is 0.824. The summed E-state index contributed by atoms with van der Waals surface area (Å²) in [6.07, 6.45) is -1.92. The lowest BCUT2D eigenvalue weighted by atomic mass is 9.96. The predicted octanol–water partition coefficient (Wildman–Crippen LogP) is 5.07. The first kappa shape index (κ1) is 18.0. The van der Waals surface area contributed by atoms with Crippen LogP contribution in [0.3, 0.4) is 0 Å². The number of pyridine rings is 1. The average molecular weight is 390 g/mol. The van der Waals surface area contributed by atoms with E-state index < -0.39 is 12.1 Å². The zero-order chi connectivity index (χ0) is 18.9. The predicted molar refractivity (Wildman–Crippen MR) is 101 cm³/mol. The third-order valence-corrected chi connectivity index (χ3v) is 5.81. The fourth-order valence-corrected chi connectivity index (χ4v) is 4.17. The van der Waals surface area contributed by atoms with Gasteiger partial charge in [0.2, 0.25) is 0 Å². The third-order valence-electron chi connectivity index (χ3n) is 4.92. The van der Waals surface area contributed by atoms with Crippen LogP contribution in [0.2, 0.25) is 0 Å². The topological polar surface area (TPSA) is 30.3 Å². The molecule has 0 unspecified atom stereocenters. The first-order chi connectivity index (χ1) is 13.0. The van der Waals surface area contributed by atoms with Crippen molar-refractivity contribution in [3.05, 3.63) is 54.0 Å². The Kier molecular flexibility index (Phi) is 4.86. The number of benzene rings is 1. The molecule has 3 nitrogen and oxygen atoms in total. The zero-order valence-corrected chi connectivity index (χ0v) is 15.4. The van der Waals surface area contributed by atoms with E-state index in [9.17, 15) is 13.2 Å². The molecule has 0 saturated carbocycles. The number of nitrogens with one attached hydrogen (secondary N) is 1. The molecule has 3 aromatic rings. The molecule has 0 radical (unpaired) electrons. The van der Waals surface area contributed by atoms with Gasteiger partial charge in [0.25, 0.3) is 5.82 Å². The number of aromatic amines is 1. The van der Waals surface area contributed by atoms with Crippen LogP contribution >= 0.6 is 11.3 Å². The molecule has 140 valence electrons. The van der Waals surface area contributed by atoms with Crippen molar-refractivity contribution in [2.75, 3.05) is 18.0 Å². The monoisotopic (exact) mass is 390 g/mol. The summed E-state index contributed by atoms with van der Waals surface area (Å²) < 4.78 is 38.4. The molecule has 1 aliphatic rings. The Hall–Kier alpha value is -2.41. The maximum absolute atomic E-state index is 12.8. The number of H-pyrrole nitrogens is 1. The molecular weight excluding hydrogens is 371 g/mol. The molecule has 0 aliphatic carbocycles. The quantitative estimate of drug-likeness (QED) is 0.625. The number of rotatable bonds is 3. The number of nitrogens with zero attached hydrogens (tertiary/aromatic N) is 2. The van der Waals surface area contributed by atoms with Gasteiger partial charge < -0.3 is 0 Å². The van der Waals surface area contributed by atoms with Gasteiger partial charge in [-0.1, -0.05) is 30.3 Å². The lowest BCUT2D eigenvalue weighted by Gasteiger charge is -2.28. The van der Waals surface area contributed by atoms with Gasteiger partial charge in [-0.05, 0) is 18.9 Å². The van der Waals surface area contributed by atoms with Gasteiger partial charge >= 0.3 is 6.18 Å². The molecule has 0 amide bonds. The largest absolute Gasteiger partial charge is 0.392 e. The second-order valence-electron chi connectivity index (χ2n) is 6.67. The number of piperidine rings is 1. The molecule has 0 bridgehead atoms. The van der Waals surface area contributed by atoms with Crippen molar-refractivity contribution in [2.45, 2.75) is 19.0 Å². The summed E-state index contributed by atoms with van der Waals surface area (Å²) in [4.78, 5) is 9.88. The zero-order valence-electron chi connectivity index (χ0n) is 14.5. The Bertz CT molecular complexity index is 883. The van der Waals surface area contributed by atoms with Gasteiger partial charge in [0.1, 0.15) is 5.01 Å². The maximum atomic E-state index is 12.8. The Morgan fingerprint density at radius 2 is 1.74 bits per heavy atom. The minimum absolute atomic E-state index is 0.145. The SMILES string of the molecule is FC(F)(F)C1CCN(c2ccc(-c3nc(-c4ccccc4)cs3)c[nH+]2)CC1. The van der Waals surface area contributed by atoms with E-state index in [1.165, 1.54) is 0 Å². The van der Waals surface area contributed by atoms with E-state index in [1.54, 1.807) is 11.3 Å². The maximum Gasteiger partial charge on any atom is 0.392 e. The number of alkyl halides is 3. The highest BCUT2D eigenvalue weighted by Gasteiger charge is 2.42. The van der Waals surface area contributed by atoms with Crippen molar-refractivity contribution in [1.82, 2.24) is 4.98 Å². The van der Waals surface area contributed by atoms with E-state index in [4.69, 9.17) is 0 Å². The molecular formula is C20H19F3N3S+. The van der Waals surface area contributed by atoms with Crippen LogP contribution in [0.5, 0.6) is 0 Å². The lowest BCUT2D eigenvalue weighted by Crippen LogP contribution is -2.41. The number of hydrogen-bond donors (Lipinski definition) is 0. The smallest absolute Gasteiger partial charge is 0.262 e. The van der Waals surface area contributed by atoms with Gasteiger partial charge in [-0.3, -0.25) is 4.90 Å². The standard InChI is InChI=1S/C20H18F3N3S/c21-20(22,23)16-8-10-26(11-9-16)18-7-6-15(12-24-18)19-25-17(13-27-19)14-4-2-1-3-5-14/h1-7,12-13,16H,8-11H2/p+1. The van der Waals surface area contributed by atoms with Crippen LogP contribution in [0.15, 0.2) is 54.0 Å². The van der Waals surface area contributed by atoms with Gasteiger partial charge in [0.05, 0.1) is 30.9 Å². The van der Waals surface area contributed by atoms with E-state index in [0.29, 0.717) is 13.1 Å². The highest BCUT2D eigenvalue weighted by atomic mass is 32.1. The van der Waals surface area contributed by atoms with Gasteiger partial charge in [-0.2, -0.15) is 13.2 Å². The number of thiazole rings is 1. The number of aromatic nitrogens is 2. The third kappa shape index (κ3) is 3.98. The lowest BCUT2D eigenvalue weighted by molar-refractivity contribution is -0.363. The molecule has 3 heterocycles. The van der Waals surface area contributed by atoms with Crippen molar-refractivity contribution < 1.29 is 18.2 Å². The second kappa shape index (κ2) is 7.31. The summed E-state index contributed by atoms with van der Waals surface area (Å²) in [6, 6.07) is 13.9. The summed E-state index contributed by atoms with van der Waals surface area (Å²) in [5.74, 6) is -0.334. The average Bonchev–Trinajstić information content (AvgIpc) is 3.19. The van der Waals surface area contributed by atoms with Crippen molar-refractivity contribution in [1.29, 1.82) is 0 Å². The molecule has 7 heteroatoms. The van der Waals surface area contributed by atoms with Crippen LogP contribution in [-0.2, 0) is 0 Å². The highest BCUT2D eigenvalue weighted by Crippen LogP contribution is 2.35. The van der Waals surface area contributed by atoms with Crippen molar-refractivity contribution >= 4 is 17.2 Å². The van der Waals surface area contributed by atoms with Crippen molar-refractivity contribution in [2.24, 2.45) is 5.92 Å². The van der Waals surface area contributed by atoms with Crippen LogP contribution in [0, 0.1) is 5.92 Å². The molecule has 1 aliphatic heterocycles. The van der Waals surface area contributed by atoms with Crippen LogP contribution < -0.4 is 9.88 Å². The molecule has 0 spiro atoms. The molecule has 27 heavy (non-hydrogen) atoms. The molecule has 0 atom stereocenters. The summed E-state index contributed by atoms with van der Waals surface area (Å²) in [5.41, 5.74) is 2.98. The summed E-state index contributed by atoms with van der Waals surface area (Å²) in [5, 5.41) is 2.94. The number of hydrogen-bond acceptors (Lipinski definition) is 3. The minimum Gasteiger partial charge on any atom is -0.262 e. The molecule has 1 saturated heterocycles. The molecule has 1 aromatic carbocycles. The van der Waals surface area contributed by atoms with Crippen LogP contribution in [0.1, 0.15) is 12.8 Å². The van der Waals surface area contributed by atoms with Gasteiger partial charge in [-0.25, -0.2) is 9.97 Å². The van der Waals surface area contributed by atoms with Crippen LogP contribution in [0.25, 0.3) is 21.8 Å². The van der Waals surface area contributed by atoms with Crippen LogP contribution in [0.4, 0.5) is 19.0 Å². The second-order valence-corrected chi connectivity index (χ2v) is 7.53. The number of anilines is 1. The first-order valence-corrected chi connectivity index (χ1v) is 9.73. The Morgan fingerprint density at radius 3 is 2.37 bits per heavy atom. The van der Waals surface area contributed by atoms with E-state index in [2.05, 4.69) is 9.97 Å². The van der Waals surface area contributed by atoms with E-state index in [1.807, 2.05) is 58.9 Å².